The fourth-order valence-electron chi connectivity index (χ4n) is 2.65. The topological polar surface area (TPSA) is 44.5 Å². The Bertz CT molecular complexity index is 501. The fraction of sp³-hybridized carbons (Fsp3) is 0.529. The van der Waals surface area contributed by atoms with Crippen molar-refractivity contribution in [2.75, 3.05) is 13.7 Å². The maximum Gasteiger partial charge on any atom is 0.135 e. The summed E-state index contributed by atoms with van der Waals surface area (Å²) in [6.07, 6.45) is 5.09. The van der Waals surface area contributed by atoms with E-state index in [2.05, 4.69) is 18.8 Å². The zero-order chi connectivity index (χ0) is 14.4. The maximum absolute atomic E-state index is 6.15. The van der Waals surface area contributed by atoms with E-state index in [4.69, 9.17) is 15.2 Å². The van der Waals surface area contributed by atoms with Crippen LogP contribution in [0, 0.1) is 17.8 Å². The monoisotopic (exact) mass is 273 g/mol. The fourth-order valence-corrected chi connectivity index (χ4v) is 2.65. The summed E-state index contributed by atoms with van der Waals surface area (Å²) in [5.74, 6) is 8.32. The van der Waals surface area contributed by atoms with Crippen molar-refractivity contribution in [3.05, 3.63) is 23.8 Å². The first kappa shape index (κ1) is 14.7. The average Bonchev–Trinajstić information content (AvgIpc) is 2.46. The molecule has 2 atom stereocenters. The normalized spacial score (nSPS) is 21.8. The molecule has 0 heterocycles. The Kier molecular flexibility index (Phi) is 5.31. The van der Waals surface area contributed by atoms with Gasteiger partial charge in [-0.2, -0.15) is 0 Å². The van der Waals surface area contributed by atoms with Crippen molar-refractivity contribution in [1.82, 2.24) is 0 Å². The Morgan fingerprint density at radius 1 is 1.35 bits per heavy atom. The summed E-state index contributed by atoms with van der Waals surface area (Å²) in [6, 6.07) is 5.76. The smallest absolute Gasteiger partial charge is 0.135 e. The molecule has 1 aromatic rings. The van der Waals surface area contributed by atoms with Crippen LogP contribution < -0.4 is 15.2 Å². The highest BCUT2D eigenvalue weighted by atomic mass is 16.5. The van der Waals surface area contributed by atoms with Gasteiger partial charge in [0.2, 0.25) is 0 Å². The molecule has 1 aliphatic rings. The van der Waals surface area contributed by atoms with Gasteiger partial charge in [0.05, 0.1) is 25.3 Å². The van der Waals surface area contributed by atoms with Crippen molar-refractivity contribution in [3.63, 3.8) is 0 Å². The standard InChI is InChI=1S/C17H23NO2/c1-13-5-3-7-16(11-13)20-17-9-8-15(19-2)12-14(17)6-4-10-18/h8-9,12-13,16H,3,5,7,10-11,18H2,1-2H3. The molecule has 0 aromatic heterocycles. The van der Waals surface area contributed by atoms with E-state index in [0.29, 0.717) is 12.6 Å². The highest BCUT2D eigenvalue weighted by molar-refractivity contribution is 5.50. The van der Waals surface area contributed by atoms with Gasteiger partial charge < -0.3 is 15.2 Å². The van der Waals surface area contributed by atoms with E-state index in [9.17, 15) is 0 Å². The summed E-state index contributed by atoms with van der Waals surface area (Å²) in [5.41, 5.74) is 6.31. The minimum absolute atomic E-state index is 0.297. The number of ether oxygens (including phenoxy) is 2. The molecule has 2 N–H and O–H groups in total. The van der Waals surface area contributed by atoms with E-state index in [1.54, 1.807) is 7.11 Å². The molecule has 0 radical (unpaired) electrons. The first-order valence-electron chi connectivity index (χ1n) is 7.26. The van der Waals surface area contributed by atoms with Crippen LogP contribution >= 0.6 is 0 Å². The molecule has 1 fully saturated rings. The Morgan fingerprint density at radius 2 is 2.20 bits per heavy atom. The summed E-state index contributed by atoms with van der Waals surface area (Å²) in [5, 5.41) is 0. The van der Waals surface area contributed by atoms with Crippen molar-refractivity contribution in [2.24, 2.45) is 11.7 Å². The van der Waals surface area contributed by atoms with E-state index in [1.165, 1.54) is 12.8 Å². The molecule has 0 spiro atoms. The van der Waals surface area contributed by atoms with Crippen LogP contribution in [0.3, 0.4) is 0 Å². The molecule has 1 aromatic carbocycles. The molecule has 0 amide bonds. The predicted octanol–water partition coefficient (Wildman–Crippen LogP) is 2.96. The minimum Gasteiger partial charge on any atom is -0.497 e. The van der Waals surface area contributed by atoms with Crippen molar-refractivity contribution in [1.29, 1.82) is 0 Å². The number of methoxy groups -OCH3 is 1. The van der Waals surface area contributed by atoms with Gasteiger partial charge in [-0.25, -0.2) is 0 Å². The van der Waals surface area contributed by atoms with Crippen molar-refractivity contribution in [2.45, 2.75) is 38.7 Å². The first-order chi connectivity index (χ1) is 9.72. The van der Waals surface area contributed by atoms with Crippen LogP contribution in [-0.2, 0) is 0 Å². The highest BCUT2D eigenvalue weighted by Gasteiger charge is 2.21. The van der Waals surface area contributed by atoms with Crippen LogP contribution in [0.25, 0.3) is 0 Å². The third-order valence-corrected chi connectivity index (χ3v) is 3.69. The number of hydrogen-bond acceptors (Lipinski definition) is 3. The quantitative estimate of drug-likeness (QED) is 0.861. The van der Waals surface area contributed by atoms with E-state index >= 15 is 0 Å². The zero-order valence-electron chi connectivity index (χ0n) is 12.3. The van der Waals surface area contributed by atoms with Gasteiger partial charge in [-0.05, 0) is 43.4 Å². The summed E-state index contributed by atoms with van der Waals surface area (Å²) >= 11 is 0. The number of hydrogen-bond donors (Lipinski definition) is 1. The van der Waals surface area contributed by atoms with Crippen molar-refractivity contribution < 1.29 is 9.47 Å². The van der Waals surface area contributed by atoms with Gasteiger partial charge in [0, 0.05) is 0 Å². The number of nitrogens with two attached hydrogens (primary N) is 1. The van der Waals surface area contributed by atoms with Crippen LogP contribution in [-0.4, -0.2) is 19.8 Å². The molecule has 1 aliphatic carbocycles. The highest BCUT2D eigenvalue weighted by Crippen LogP contribution is 2.30. The van der Waals surface area contributed by atoms with Gasteiger partial charge in [0.1, 0.15) is 11.5 Å². The van der Waals surface area contributed by atoms with Crippen LogP contribution in [0.1, 0.15) is 38.2 Å². The molecule has 20 heavy (non-hydrogen) atoms. The van der Waals surface area contributed by atoms with Gasteiger partial charge in [-0.3, -0.25) is 0 Å². The van der Waals surface area contributed by atoms with Crippen molar-refractivity contribution >= 4 is 0 Å². The molecule has 2 rings (SSSR count). The Labute approximate surface area is 121 Å². The van der Waals surface area contributed by atoms with Gasteiger partial charge >= 0.3 is 0 Å². The van der Waals surface area contributed by atoms with Gasteiger partial charge in [-0.1, -0.05) is 25.2 Å². The second kappa shape index (κ2) is 7.21. The van der Waals surface area contributed by atoms with E-state index < -0.39 is 0 Å². The van der Waals surface area contributed by atoms with Crippen molar-refractivity contribution in [3.8, 4) is 23.3 Å². The molecule has 0 bridgehead atoms. The molecule has 0 aliphatic heterocycles. The third-order valence-electron chi connectivity index (χ3n) is 3.69. The lowest BCUT2D eigenvalue weighted by Crippen LogP contribution is -2.24. The second-order valence-electron chi connectivity index (χ2n) is 5.38. The van der Waals surface area contributed by atoms with E-state index in [1.807, 2.05) is 18.2 Å². The van der Waals surface area contributed by atoms with Gasteiger partial charge in [0.25, 0.3) is 0 Å². The van der Waals surface area contributed by atoms with Crippen LogP contribution in [0.2, 0.25) is 0 Å². The molecule has 1 saturated carbocycles. The number of rotatable bonds is 3. The molecule has 3 nitrogen and oxygen atoms in total. The average molecular weight is 273 g/mol. The summed E-state index contributed by atoms with van der Waals surface area (Å²) < 4.78 is 11.4. The molecule has 108 valence electrons. The minimum atomic E-state index is 0.297. The molecule has 0 saturated heterocycles. The molecule has 2 unspecified atom stereocenters. The molecule has 3 heteroatoms. The maximum atomic E-state index is 6.15. The van der Waals surface area contributed by atoms with Gasteiger partial charge in [0.15, 0.2) is 0 Å². The van der Waals surface area contributed by atoms with E-state index in [-0.39, 0.29) is 0 Å². The molecular weight excluding hydrogens is 250 g/mol. The Balaban J connectivity index is 2.17. The van der Waals surface area contributed by atoms with E-state index in [0.717, 1.165) is 35.8 Å². The lowest BCUT2D eigenvalue weighted by molar-refractivity contribution is 0.129. The van der Waals surface area contributed by atoms with Gasteiger partial charge in [-0.15, -0.1) is 0 Å². The third kappa shape index (κ3) is 3.91. The molecular formula is C17H23NO2. The predicted molar refractivity (Wildman–Crippen MR) is 81.0 cm³/mol. The van der Waals surface area contributed by atoms with Crippen LogP contribution in [0.4, 0.5) is 0 Å². The SMILES string of the molecule is COc1ccc(OC2CCCC(C)C2)c(C#CCN)c1. The number of benzene rings is 1. The Hall–Kier alpha value is -1.66. The lowest BCUT2D eigenvalue weighted by atomic mass is 9.88. The summed E-state index contributed by atoms with van der Waals surface area (Å²) in [7, 11) is 1.65. The van der Waals surface area contributed by atoms with Crippen LogP contribution in [0.15, 0.2) is 18.2 Å². The Morgan fingerprint density at radius 3 is 2.90 bits per heavy atom. The second-order valence-corrected chi connectivity index (χ2v) is 5.38. The first-order valence-corrected chi connectivity index (χ1v) is 7.26. The summed E-state index contributed by atoms with van der Waals surface area (Å²) in [6.45, 7) is 2.63. The zero-order valence-corrected chi connectivity index (χ0v) is 12.3. The van der Waals surface area contributed by atoms with Crippen LogP contribution in [0.5, 0.6) is 11.5 Å². The lowest BCUT2D eigenvalue weighted by Gasteiger charge is -2.27. The summed E-state index contributed by atoms with van der Waals surface area (Å²) in [4.78, 5) is 0. The largest absolute Gasteiger partial charge is 0.497 e.